The number of nitrogens with one attached hydrogen (secondary N) is 1. The van der Waals surface area contributed by atoms with Gasteiger partial charge in [0.05, 0.1) is 26.5 Å². The molecule has 0 unspecified atom stereocenters. The monoisotopic (exact) mass is 276 g/mol. The lowest BCUT2D eigenvalue weighted by molar-refractivity contribution is 0.0594. The van der Waals surface area contributed by atoms with Crippen LogP contribution in [0.15, 0.2) is 24.3 Å². The molecule has 0 radical (unpaired) electrons. The lowest BCUT2D eigenvalue weighted by Gasteiger charge is -2.09. The van der Waals surface area contributed by atoms with Crippen LogP contribution in [0.3, 0.4) is 0 Å². The first kappa shape index (κ1) is 13.9. The number of ether oxygens (including phenoxy) is 3. The molecule has 1 N–H and O–H groups in total. The van der Waals surface area contributed by atoms with E-state index in [1.165, 1.54) is 7.11 Å². The highest BCUT2D eigenvalue weighted by Gasteiger charge is 2.15. The van der Waals surface area contributed by atoms with Crippen LogP contribution in [0.2, 0.25) is 0 Å². The quantitative estimate of drug-likeness (QED) is 0.848. The smallest absolute Gasteiger partial charge is 0.356 e. The third-order valence-electron chi connectivity index (χ3n) is 2.74. The molecule has 0 fully saturated rings. The molecule has 2 rings (SSSR count). The van der Waals surface area contributed by atoms with Crippen molar-refractivity contribution in [3.8, 4) is 22.8 Å². The molecule has 6 heteroatoms. The summed E-state index contributed by atoms with van der Waals surface area (Å²) in [6.45, 7) is 2.48. The Morgan fingerprint density at radius 1 is 1.30 bits per heavy atom. The summed E-state index contributed by atoms with van der Waals surface area (Å²) in [4.78, 5) is 11.4. The molecule has 0 aliphatic heterocycles. The minimum Gasteiger partial charge on any atom is -0.496 e. The molecule has 1 aromatic heterocycles. The molecule has 0 atom stereocenters. The number of hydrogen-bond donors (Lipinski definition) is 1. The van der Waals surface area contributed by atoms with Crippen molar-refractivity contribution in [1.82, 2.24) is 10.2 Å². The number of benzene rings is 1. The number of rotatable bonds is 5. The van der Waals surface area contributed by atoms with E-state index in [2.05, 4.69) is 14.9 Å². The Bertz CT molecular complexity index is 607. The van der Waals surface area contributed by atoms with Crippen molar-refractivity contribution >= 4 is 5.97 Å². The van der Waals surface area contributed by atoms with Gasteiger partial charge in [0.15, 0.2) is 0 Å². The van der Waals surface area contributed by atoms with E-state index in [4.69, 9.17) is 9.47 Å². The number of hydrogen-bond acceptors (Lipinski definition) is 5. The average Bonchev–Trinajstić information content (AvgIpc) is 2.96. The number of methoxy groups -OCH3 is 2. The Morgan fingerprint density at radius 2 is 2.10 bits per heavy atom. The molecule has 0 saturated carbocycles. The zero-order valence-electron chi connectivity index (χ0n) is 11.6. The number of carbonyl (C=O) groups is 1. The summed E-state index contributed by atoms with van der Waals surface area (Å²) in [5.74, 6) is 0.894. The topological polar surface area (TPSA) is 73.4 Å². The van der Waals surface area contributed by atoms with Crippen LogP contribution in [0.4, 0.5) is 0 Å². The van der Waals surface area contributed by atoms with Crippen LogP contribution in [0.5, 0.6) is 11.5 Å². The molecule has 0 saturated heterocycles. The molecule has 2 aromatic rings. The SMILES string of the molecule is CCOc1ccc(OC)c(-c2cc(C(=O)OC)[nH]n2)c1. The number of carbonyl (C=O) groups excluding carboxylic acids is 1. The Balaban J connectivity index is 2.41. The predicted octanol–water partition coefficient (Wildman–Crippen LogP) is 2.27. The van der Waals surface area contributed by atoms with Gasteiger partial charge >= 0.3 is 5.97 Å². The molecule has 0 bridgehead atoms. The van der Waals surface area contributed by atoms with E-state index >= 15 is 0 Å². The van der Waals surface area contributed by atoms with Crippen molar-refractivity contribution in [2.75, 3.05) is 20.8 Å². The Labute approximate surface area is 116 Å². The third-order valence-corrected chi connectivity index (χ3v) is 2.74. The first-order chi connectivity index (χ1) is 9.69. The highest BCUT2D eigenvalue weighted by molar-refractivity contribution is 5.88. The first-order valence-corrected chi connectivity index (χ1v) is 6.14. The van der Waals surface area contributed by atoms with Gasteiger partial charge in [-0.2, -0.15) is 5.10 Å². The highest BCUT2D eigenvalue weighted by atomic mass is 16.5. The van der Waals surface area contributed by atoms with Gasteiger partial charge in [0.2, 0.25) is 0 Å². The van der Waals surface area contributed by atoms with E-state index in [1.54, 1.807) is 19.2 Å². The second-order valence-corrected chi connectivity index (χ2v) is 3.95. The fourth-order valence-corrected chi connectivity index (χ4v) is 1.82. The van der Waals surface area contributed by atoms with E-state index in [9.17, 15) is 4.79 Å². The summed E-state index contributed by atoms with van der Waals surface area (Å²) in [5, 5.41) is 6.74. The molecular formula is C14H16N2O4. The van der Waals surface area contributed by atoms with Crippen molar-refractivity contribution in [3.05, 3.63) is 30.0 Å². The average molecular weight is 276 g/mol. The van der Waals surface area contributed by atoms with Gasteiger partial charge in [-0.05, 0) is 31.2 Å². The number of H-pyrrole nitrogens is 1. The largest absolute Gasteiger partial charge is 0.496 e. The molecular weight excluding hydrogens is 260 g/mol. The minimum absolute atomic E-state index is 0.284. The first-order valence-electron chi connectivity index (χ1n) is 6.14. The van der Waals surface area contributed by atoms with Crippen molar-refractivity contribution in [2.24, 2.45) is 0 Å². The zero-order valence-corrected chi connectivity index (χ0v) is 11.6. The van der Waals surface area contributed by atoms with E-state index < -0.39 is 5.97 Å². The fraction of sp³-hybridized carbons (Fsp3) is 0.286. The molecule has 20 heavy (non-hydrogen) atoms. The molecule has 0 spiro atoms. The van der Waals surface area contributed by atoms with Gasteiger partial charge in [-0.15, -0.1) is 0 Å². The molecule has 1 heterocycles. The van der Waals surface area contributed by atoms with E-state index in [1.807, 2.05) is 19.1 Å². The van der Waals surface area contributed by atoms with Crippen LogP contribution in [-0.4, -0.2) is 37.0 Å². The summed E-state index contributed by atoms with van der Waals surface area (Å²) >= 11 is 0. The standard InChI is InChI=1S/C14H16N2O4/c1-4-20-9-5-6-13(18-2)10(7-9)11-8-12(16-15-11)14(17)19-3/h5-8H,4H2,1-3H3,(H,15,16). The van der Waals surface area contributed by atoms with Gasteiger partial charge in [0, 0.05) is 5.56 Å². The second kappa shape index (κ2) is 6.10. The van der Waals surface area contributed by atoms with Gasteiger partial charge in [-0.3, -0.25) is 5.10 Å². The van der Waals surface area contributed by atoms with Crippen LogP contribution in [0.1, 0.15) is 17.4 Å². The van der Waals surface area contributed by atoms with Crippen molar-refractivity contribution in [2.45, 2.75) is 6.92 Å². The summed E-state index contributed by atoms with van der Waals surface area (Å²) in [6, 6.07) is 7.05. The lowest BCUT2D eigenvalue weighted by Crippen LogP contribution is -2.00. The van der Waals surface area contributed by atoms with Gasteiger partial charge in [-0.25, -0.2) is 4.79 Å². The van der Waals surface area contributed by atoms with Gasteiger partial charge < -0.3 is 14.2 Å². The van der Waals surface area contributed by atoms with Crippen molar-refractivity contribution < 1.29 is 19.0 Å². The van der Waals surface area contributed by atoms with Gasteiger partial charge in [-0.1, -0.05) is 0 Å². The van der Waals surface area contributed by atoms with Gasteiger partial charge in [0.25, 0.3) is 0 Å². The minimum atomic E-state index is -0.469. The fourth-order valence-electron chi connectivity index (χ4n) is 1.82. The summed E-state index contributed by atoms with van der Waals surface area (Å²) in [5.41, 5.74) is 1.61. The maximum atomic E-state index is 11.4. The maximum Gasteiger partial charge on any atom is 0.356 e. The Kier molecular flexibility index (Phi) is 4.24. The Morgan fingerprint density at radius 3 is 2.75 bits per heavy atom. The van der Waals surface area contributed by atoms with Crippen LogP contribution >= 0.6 is 0 Å². The lowest BCUT2D eigenvalue weighted by atomic mass is 10.1. The molecule has 0 aliphatic carbocycles. The molecule has 6 nitrogen and oxygen atoms in total. The number of esters is 1. The van der Waals surface area contributed by atoms with Crippen LogP contribution in [0.25, 0.3) is 11.3 Å². The van der Waals surface area contributed by atoms with Crippen molar-refractivity contribution in [1.29, 1.82) is 0 Å². The van der Waals surface area contributed by atoms with Crippen LogP contribution < -0.4 is 9.47 Å². The van der Waals surface area contributed by atoms with Gasteiger partial charge in [0.1, 0.15) is 17.2 Å². The summed E-state index contributed by atoms with van der Waals surface area (Å²) < 4.78 is 15.4. The number of aromatic amines is 1. The second-order valence-electron chi connectivity index (χ2n) is 3.95. The summed E-state index contributed by atoms with van der Waals surface area (Å²) in [6.07, 6.45) is 0. The van der Waals surface area contributed by atoms with Crippen LogP contribution in [0, 0.1) is 0 Å². The zero-order chi connectivity index (χ0) is 14.5. The highest BCUT2D eigenvalue weighted by Crippen LogP contribution is 2.32. The van der Waals surface area contributed by atoms with Crippen LogP contribution in [-0.2, 0) is 4.74 Å². The number of nitrogens with zero attached hydrogens (tertiary/aromatic N) is 1. The number of aromatic nitrogens is 2. The van der Waals surface area contributed by atoms with E-state index in [0.29, 0.717) is 23.8 Å². The summed E-state index contributed by atoms with van der Waals surface area (Å²) in [7, 11) is 2.90. The maximum absolute atomic E-state index is 11.4. The van der Waals surface area contributed by atoms with E-state index in [0.717, 1.165) is 5.56 Å². The molecule has 0 amide bonds. The van der Waals surface area contributed by atoms with Crippen molar-refractivity contribution in [3.63, 3.8) is 0 Å². The molecule has 106 valence electrons. The third kappa shape index (κ3) is 2.74. The molecule has 1 aromatic carbocycles. The van der Waals surface area contributed by atoms with E-state index in [-0.39, 0.29) is 5.69 Å². The Hall–Kier alpha value is -2.50. The normalized spacial score (nSPS) is 10.2. The predicted molar refractivity (Wildman–Crippen MR) is 73.1 cm³/mol. The molecule has 0 aliphatic rings.